The Kier molecular flexibility index (Phi) is 5.07. The molecule has 2 rings (SSSR count). The lowest BCUT2D eigenvalue weighted by molar-refractivity contribution is -0.147. The van der Waals surface area contributed by atoms with E-state index >= 15 is 0 Å². The molecule has 1 unspecified atom stereocenters. The van der Waals surface area contributed by atoms with Crippen molar-refractivity contribution in [2.24, 2.45) is 5.92 Å². The highest BCUT2D eigenvalue weighted by Gasteiger charge is 2.31. The first-order chi connectivity index (χ1) is 9.99. The Morgan fingerprint density at radius 1 is 1.43 bits per heavy atom. The highest BCUT2D eigenvalue weighted by molar-refractivity contribution is 6.32. The molecule has 1 aromatic rings. The van der Waals surface area contributed by atoms with Gasteiger partial charge in [-0.1, -0.05) is 23.7 Å². The van der Waals surface area contributed by atoms with Crippen molar-refractivity contribution in [3.8, 4) is 5.75 Å². The van der Waals surface area contributed by atoms with Gasteiger partial charge in [0.05, 0.1) is 10.9 Å². The lowest BCUT2D eigenvalue weighted by Gasteiger charge is -2.32. The number of hydrogen-bond acceptors (Lipinski definition) is 3. The number of likely N-dealkylation sites (tertiary alicyclic amines) is 1. The summed E-state index contributed by atoms with van der Waals surface area (Å²) in [4.78, 5) is 24.9. The van der Waals surface area contributed by atoms with Crippen LogP contribution in [0, 0.1) is 5.92 Å². The van der Waals surface area contributed by atoms with E-state index < -0.39 is 18.0 Å². The largest absolute Gasteiger partial charge is 0.481 e. The number of carboxylic acid groups (broad SMARTS) is 1. The van der Waals surface area contributed by atoms with E-state index in [4.69, 9.17) is 21.4 Å². The number of halogens is 1. The van der Waals surface area contributed by atoms with Gasteiger partial charge in [-0.2, -0.15) is 0 Å². The first-order valence-electron chi connectivity index (χ1n) is 6.92. The maximum Gasteiger partial charge on any atom is 0.308 e. The summed E-state index contributed by atoms with van der Waals surface area (Å²) < 4.78 is 5.59. The molecule has 0 aliphatic carbocycles. The average Bonchev–Trinajstić information content (AvgIpc) is 2.49. The minimum absolute atomic E-state index is 0.208. The summed E-state index contributed by atoms with van der Waals surface area (Å²) in [6, 6.07) is 6.95. The predicted molar refractivity (Wildman–Crippen MR) is 78.5 cm³/mol. The molecule has 0 bridgehead atoms. The van der Waals surface area contributed by atoms with Crippen molar-refractivity contribution in [1.82, 2.24) is 4.90 Å². The lowest BCUT2D eigenvalue weighted by atomic mass is 9.98. The van der Waals surface area contributed by atoms with Crippen LogP contribution < -0.4 is 4.74 Å². The number of piperidine rings is 1. The van der Waals surface area contributed by atoms with E-state index in [2.05, 4.69) is 0 Å². The van der Waals surface area contributed by atoms with E-state index in [1.807, 2.05) is 0 Å². The summed E-state index contributed by atoms with van der Waals surface area (Å²) in [6.07, 6.45) is 0.609. The third-order valence-electron chi connectivity index (χ3n) is 3.57. The molecular weight excluding hydrogens is 294 g/mol. The molecule has 1 saturated heterocycles. The van der Waals surface area contributed by atoms with Gasteiger partial charge in [0.1, 0.15) is 5.75 Å². The Balaban J connectivity index is 1.99. The Morgan fingerprint density at radius 3 is 2.81 bits per heavy atom. The van der Waals surface area contributed by atoms with E-state index in [1.54, 1.807) is 36.1 Å². The van der Waals surface area contributed by atoms with Crippen molar-refractivity contribution < 1.29 is 19.4 Å². The third kappa shape index (κ3) is 3.88. The van der Waals surface area contributed by atoms with Crippen molar-refractivity contribution in [2.75, 3.05) is 13.1 Å². The summed E-state index contributed by atoms with van der Waals surface area (Å²) in [5.74, 6) is -1.10. The molecule has 1 aliphatic heterocycles. The van der Waals surface area contributed by atoms with E-state index in [0.29, 0.717) is 30.2 Å². The monoisotopic (exact) mass is 311 g/mol. The Bertz CT molecular complexity index is 534. The zero-order valence-electron chi connectivity index (χ0n) is 11.8. The fourth-order valence-corrected chi connectivity index (χ4v) is 2.60. The van der Waals surface area contributed by atoms with E-state index in [9.17, 15) is 9.59 Å². The molecule has 21 heavy (non-hydrogen) atoms. The summed E-state index contributed by atoms with van der Waals surface area (Å²) >= 11 is 6.00. The molecule has 1 aliphatic rings. The fourth-order valence-electron chi connectivity index (χ4n) is 2.42. The molecule has 114 valence electrons. The van der Waals surface area contributed by atoms with Gasteiger partial charge in [0, 0.05) is 13.1 Å². The van der Waals surface area contributed by atoms with Crippen LogP contribution in [0.1, 0.15) is 19.8 Å². The van der Waals surface area contributed by atoms with Gasteiger partial charge in [0.25, 0.3) is 5.91 Å². The normalized spacial score (nSPS) is 19.9. The number of aliphatic carboxylic acids is 1. The lowest BCUT2D eigenvalue weighted by Crippen LogP contribution is -2.47. The maximum absolute atomic E-state index is 12.3. The van der Waals surface area contributed by atoms with Gasteiger partial charge in [0.2, 0.25) is 0 Å². The van der Waals surface area contributed by atoms with Crippen LogP contribution in [-0.2, 0) is 9.59 Å². The molecule has 6 heteroatoms. The number of rotatable bonds is 4. The van der Waals surface area contributed by atoms with E-state index in [-0.39, 0.29) is 12.5 Å². The second-order valence-corrected chi connectivity index (χ2v) is 5.56. The highest BCUT2D eigenvalue weighted by Crippen LogP contribution is 2.25. The predicted octanol–water partition coefficient (Wildman–Crippen LogP) is 2.43. The van der Waals surface area contributed by atoms with Crippen molar-refractivity contribution in [2.45, 2.75) is 25.9 Å². The Hall–Kier alpha value is -1.75. The van der Waals surface area contributed by atoms with E-state index in [0.717, 1.165) is 0 Å². The summed E-state index contributed by atoms with van der Waals surface area (Å²) in [7, 11) is 0. The van der Waals surface area contributed by atoms with Crippen LogP contribution in [0.5, 0.6) is 5.75 Å². The van der Waals surface area contributed by atoms with Crippen LogP contribution in [0.2, 0.25) is 5.02 Å². The van der Waals surface area contributed by atoms with Crippen LogP contribution >= 0.6 is 11.6 Å². The van der Waals surface area contributed by atoms with Gasteiger partial charge < -0.3 is 14.7 Å². The minimum Gasteiger partial charge on any atom is -0.481 e. The molecule has 1 aromatic carbocycles. The first kappa shape index (κ1) is 15.6. The highest BCUT2D eigenvalue weighted by atomic mass is 35.5. The van der Waals surface area contributed by atoms with Gasteiger partial charge in [-0.05, 0) is 31.9 Å². The summed E-state index contributed by atoms with van der Waals surface area (Å²) in [5, 5.41) is 9.51. The number of carboxylic acids is 1. The molecular formula is C15H18ClNO4. The number of carbonyl (C=O) groups excluding carboxylic acids is 1. The summed E-state index contributed by atoms with van der Waals surface area (Å²) in [5.41, 5.74) is 0. The van der Waals surface area contributed by atoms with Crippen LogP contribution in [0.3, 0.4) is 0 Å². The molecule has 1 amide bonds. The van der Waals surface area contributed by atoms with Crippen LogP contribution in [0.25, 0.3) is 0 Å². The number of hydrogen-bond donors (Lipinski definition) is 1. The van der Waals surface area contributed by atoms with Crippen LogP contribution in [0.4, 0.5) is 0 Å². The van der Waals surface area contributed by atoms with Crippen molar-refractivity contribution in [3.05, 3.63) is 29.3 Å². The quantitative estimate of drug-likeness (QED) is 0.927. The molecule has 1 N–H and O–H groups in total. The van der Waals surface area contributed by atoms with Gasteiger partial charge in [0.15, 0.2) is 6.10 Å². The second kappa shape index (κ2) is 6.80. The molecule has 0 radical (unpaired) electrons. The molecule has 1 heterocycles. The zero-order chi connectivity index (χ0) is 15.4. The van der Waals surface area contributed by atoms with Gasteiger partial charge >= 0.3 is 5.97 Å². The van der Waals surface area contributed by atoms with Crippen molar-refractivity contribution in [3.63, 3.8) is 0 Å². The topological polar surface area (TPSA) is 66.8 Å². The van der Waals surface area contributed by atoms with Crippen LogP contribution in [0.15, 0.2) is 24.3 Å². The second-order valence-electron chi connectivity index (χ2n) is 5.15. The number of nitrogens with zero attached hydrogens (tertiary/aromatic N) is 1. The molecule has 2 atom stereocenters. The number of carbonyl (C=O) groups is 2. The number of amides is 1. The third-order valence-corrected chi connectivity index (χ3v) is 3.88. The average molecular weight is 312 g/mol. The van der Waals surface area contributed by atoms with Crippen molar-refractivity contribution in [1.29, 1.82) is 0 Å². The maximum atomic E-state index is 12.3. The Morgan fingerprint density at radius 2 is 2.14 bits per heavy atom. The number of para-hydroxylation sites is 1. The van der Waals surface area contributed by atoms with E-state index in [1.165, 1.54) is 0 Å². The van der Waals surface area contributed by atoms with Crippen molar-refractivity contribution >= 4 is 23.5 Å². The summed E-state index contributed by atoms with van der Waals surface area (Å²) in [6.45, 7) is 2.46. The molecule has 1 fully saturated rings. The SMILES string of the molecule is CC(Oc1ccccc1Cl)C(=O)N1CCC[C@@H](C(=O)O)C1. The Labute approximate surface area is 128 Å². The number of benzene rings is 1. The smallest absolute Gasteiger partial charge is 0.308 e. The first-order valence-corrected chi connectivity index (χ1v) is 7.29. The molecule has 0 spiro atoms. The van der Waals surface area contributed by atoms with Gasteiger partial charge in [-0.15, -0.1) is 0 Å². The molecule has 0 saturated carbocycles. The molecule has 0 aromatic heterocycles. The van der Waals surface area contributed by atoms with Crippen LogP contribution in [-0.4, -0.2) is 41.1 Å². The minimum atomic E-state index is -0.854. The van der Waals surface area contributed by atoms with Gasteiger partial charge in [-0.3, -0.25) is 9.59 Å². The molecule has 5 nitrogen and oxygen atoms in total. The standard InChI is InChI=1S/C15H18ClNO4/c1-10(21-13-7-3-2-6-12(13)16)14(18)17-8-4-5-11(9-17)15(19)20/h2-3,6-7,10-11H,4-5,8-9H2,1H3,(H,19,20)/t10?,11-/m1/s1. The fraction of sp³-hybridized carbons (Fsp3) is 0.467. The van der Waals surface area contributed by atoms with Gasteiger partial charge in [-0.25, -0.2) is 0 Å². The number of ether oxygens (including phenoxy) is 1. The zero-order valence-corrected chi connectivity index (χ0v) is 12.5.